The Morgan fingerprint density at radius 2 is 0.921 bits per heavy atom. The van der Waals surface area contributed by atoms with Crippen LogP contribution in [0.25, 0.3) is 138 Å². The number of benzene rings is 10. The number of rotatable bonds is 4. The molecule has 0 saturated carbocycles. The second kappa shape index (κ2) is 13.0. The van der Waals surface area contributed by atoms with Crippen LogP contribution in [0.1, 0.15) is 0 Å². The predicted molar refractivity (Wildman–Crippen MR) is 260 cm³/mol. The summed E-state index contributed by atoms with van der Waals surface area (Å²) in [6, 6.07) is 70.9. The van der Waals surface area contributed by atoms with E-state index in [4.69, 9.17) is 18.8 Å². The van der Waals surface area contributed by atoms with Gasteiger partial charge in [-0.15, -0.1) is 0 Å². The minimum atomic E-state index is 0.612. The number of hydrogen-bond acceptors (Lipinski definition) is 4. The van der Waals surface area contributed by atoms with Crippen LogP contribution in [0.5, 0.6) is 0 Å². The molecule has 0 spiro atoms. The van der Waals surface area contributed by atoms with Crippen molar-refractivity contribution in [1.29, 1.82) is 0 Å². The number of nitrogens with zero attached hydrogens (tertiary/aromatic N) is 3. The molecule has 0 aliphatic carbocycles. The molecule has 5 nitrogen and oxygen atoms in total. The molecule has 0 bridgehead atoms. The topological polar surface area (TPSA) is 57.0 Å². The molecule has 4 heterocycles. The van der Waals surface area contributed by atoms with Gasteiger partial charge in [-0.1, -0.05) is 133 Å². The maximum Gasteiger partial charge on any atom is 0.180 e. The number of fused-ring (bicyclic) bond motifs is 15. The van der Waals surface area contributed by atoms with Crippen molar-refractivity contribution >= 4 is 98.1 Å². The third kappa shape index (κ3) is 4.99. The molecular weight excluding hydrogens is 771 g/mol. The molecule has 5 heteroatoms. The van der Waals surface area contributed by atoms with Gasteiger partial charge in [-0.25, -0.2) is 9.97 Å². The Bertz CT molecular complexity index is 4180. The minimum Gasteiger partial charge on any atom is -0.456 e. The van der Waals surface area contributed by atoms with Crippen LogP contribution in [0.3, 0.4) is 0 Å². The summed E-state index contributed by atoms with van der Waals surface area (Å²) in [5.41, 5.74) is 12.2. The van der Waals surface area contributed by atoms with Crippen molar-refractivity contribution in [2.45, 2.75) is 0 Å². The normalized spacial score (nSPS) is 12.1. The number of para-hydroxylation sites is 3. The number of hydrogen-bond donors (Lipinski definition) is 0. The number of furan rings is 2. The van der Waals surface area contributed by atoms with Crippen LogP contribution in [0.15, 0.2) is 209 Å². The first-order chi connectivity index (χ1) is 31.2. The fraction of sp³-hybridized carbons (Fsp3) is 0. The fourth-order valence-electron chi connectivity index (χ4n) is 10.2. The molecule has 292 valence electrons. The zero-order chi connectivity index (χ0) is 41.2. The van der Waals surface area contributed by atoms with E-state index in [9.17, 15) is 0 Å². The zero-order valence-corrected chi connectivity index (χ0v) is 33.7. The van der Waals surface area contributed by atoms with Gasteiger partial charge < -0.3 is 13.4 Å². The summed E-state index contributed by atoms with van der Waals surface area (Å²) in [6.07, 6.45) is 0. The quantitative estimate of drug-likeness (QED) is 0.166. The zero-order valence-electron chi connectivity index (χ0n) is 33.7. The van der Waals surface area contributed by atoms with Crippen LogP contribution in [-0.4, -0.2) is 14.5 Å². The molecule has 0 radical (unpaired) electrons. The van der Waals surface area contributed by atoms with E-state index in [1.807, 2.05) is 30.3 Å². The lowest BCUT2D eigenvalue weighted by atomic mass is 9.93. The predicted octanol–water partition coefficient (Wildman–Crippen LogP) is 15.8. The van der Waals surface area contributed by atoms with Gasteiger partial charge >= 0.3 is 0 Å². The Hall–Kier alpha value is -8.54. The first-order valence-electron chi connectivity index (χ1n) is 21.3. The van der Waals surface area contributed by atoms with Gasteiger partial charge in [0.1, 0.15) is 28.0 Å². The average Bonchev–Trinajstić information content (AvgIpc) is 4.03. The Morgan fingerprint density at radius 1 is 0.349 bits per heavy atom. The highest BCUT2D eigenvalue weighted by Crippen LogP contribution is 2.43. The van der Waals surface area contributed by atoms with Gasteiger partial charge in [0.15, 0.2) is 11.4 Å². The monoisotopic (exact) mass is 803 g/mol. The van der Waals surface area contributed by atoms with Crippen LogP contribution in [0, 0.1) is 0 Å². The van der Waals surface area contributed by atoms with Crippen molar-refractivity contribution < 1.29 is 8.83 Å². The fourth-order valence-corrected chi connectivity index (χ4v) is 10.2. The minimum absolute atomic E-state index is 0.612. The van der Waals surface area contributed by atoms with E-state index in [2.05, 4.69) is 174 Å². The summed E-state index contributed by atoms with van der Waals surface area (Å²) in [7, 11) is 0. The lowest BCUT2D eigenvalue weighted by Gasteiger charge is -2.12. The largest absolute Gasteiger partial charge is 0.456 e. The molecule has 0 aliphatic rings. The lowest BCUT2D eigenvalue weighted by molar-refractivity contribution is 0.667. The highest BCUT2D eigenvalue weighted by molar-refractivity contribution is 6.26. The Kier molecular flexibility index (Phi) is 7.05. The molecular formula is C58H33N3O2. The smallest absolute Gasteiger partial charge is 0.180 e. The van der Waals surface area contributed by atoms with Gasteiger partial charge in [0.05, 0.1) is 11.0 Å². The average molecular weight is 804 g/mol. The van der Waals surface area contributed by atoms with Gasteiger partial charge in [-0.05, 0) is 110 Å². The summed E-state index contributed by atoms with van der Waals surface area (Å²) in [6.45, 7) is 0. The molecule has 0 amide bonds. The van der Waals surface area contributed by atoms with Gasteiger partial charge in [0.2, 0.25) is 0 Å². The van der Waals surface area contributed by atoms with Crippen LogP contribution in [-0.2, 0) is 0 Å². The van der Waals surface area contributed by atoms with Crippen LogP contribution < -0.4 is 0 Å². The van der Waals surface area contributed by atoms with Crippen molar-refractivity contribution in [1.82, 2.24) is 14.5 Å². The molecule has 14 rings (SSSR count). The van der Waals surface area contributed by atoms with Crippen molar-refractivity contribution in [3.63, 3.8) is 0 Å². The molecule has 0 atom stereocenters. The van der Waals surface area contributed by atoms with Crippen molar-refractivity contribution in [3.8, 4) is 39.5 Å². The Labute approximate surface area is 359 Å². The third-order valence-electron chi connectivity index (χ3n) is 13.0. The van der Waals surface area contributed by atoms with Crippen LogP contribution >= 0.6 is 0 Å². The van der Waals surface area contributed by atoms with Crippen molar-refractivity contribution in [2.24, 2.45) is 0 Å². The van der Waals surface area contributed by atoms with E-state index >= 15 is 0 Å². The first-order valence-corrected chi connectivity index (χ1v) is 21.3. The second-order valence-electron chi connectivity index (χ2n) is 16.4. The first kappa shape index (κ1) is 34.2. The van der Waals surface area contributed by atoms with E-state index < -0.39 is 0 Å². The molecule has 0 saturated heterocycles. The SMILES string of the molecule is c1ccc(-n2c3ccccc3c3cc(-c4ccc5oc6cccc(-c7nc(-c8ccc9c%10ccccc%10c%10ccccc%10c9c8)c8oc9ccccc9c8n7)c6c5c4)ccc32)cc1. The van der Waals surface area contributed by atoms with Crippen molar-refractivity contribution in [3.05, 3.63) is 200 Å². The maximum atomic E-state index is 6.64. The van der Waals surface area contributed by atoms with E-state index in [-0.39, 0.29) is 0 Å². The van der Waals surface area contributed by atoms with Crippen molar-refractivity contribution in [2.75, 3.05) is 0 Å². The molecule has 0 unspecified atom stereocenters. The van der Waals surface area contributed by atoms with Gasteiger partial charge in [0, 0.05) is 43.7 Å². The summed E-state index contributed by atoms with van der Waals surface area (Å²) in [5, 5.41) is 12.6. The standard InChI is InChI=1S/C58H33N3O2/c1-2-13-37(14-3-1)61-49-22-10-8-19-43(49)47-31-34(26-29-50(47)61)35-27-30-52-48(32-35)54-45(21-12-24-53(54)62-52)58-59-55(57-56(60-58)44-20-9-11-23-51(44)63-57)36-25-28-42-40-17-5-4-15-38(40)39-16-6-7-18-41(39)46(42)33-36/h1-33H. The molecule has 14 aromatic rings. The van der Waals surface area contributed by atoms with E-state index in [0.29, 0.717) is 11.4 Å². The van der Waals surface area contributed by atoms with E-state index in [1.54, 1.807) is 0 Å². The molecule has 0 N–H and O–H groups in total. The van der Waals surface area contributed by atoms with Crippen LogP contribution in [0.4, 0.5) is 0 Å². The summed E-state index contributed by atoms with van der Waals surface area (Å²) in [5.74, 6) is 0.612. The van der Waals surface area contributed by atoms with E-state index in [1.165, 1.54) is 54.1 Å². The molecule has 63 heavy (non-hydrogen) atoms. The van der Waals surface area contributed by atoms with Gasteiger partial charge in [0.25, 0.3) is 0 Å². The van der Waals surface area contributed by atoms with Crippen LogP contribution in [0.2, 0.25) is 0 Å². The highest BCUT2D eigenvalue weighted by Gasteiger charge is 2.22. The molecule has 0 fully saturated rings. The third-order valence-corrected chi connectivity index (χ3v) is 13.0. The molecule has 10 aromatic carbocycles. The Balaban J connectivity index is 0.982. The summed E-state index contributed by atoms with van der Waals surface area (Å²) in [4.78, 5) is 10.8. The second-order valence-corrected chi connectivity index (χ2v) is 16.4. The van der Waals surface area contributed by atoms with Gasteiger partial charge in [-0.2, -0.15) is 0 Å². The Morgan fingerprint density at radius 3 is 1.71 bits per heavy atom. The molecule has 0 aliphatic heterocycles. The highest BCUT2D eigenvalue weighted by atomic mass is 16.3. The maximum absolute atomic E-state index is 6.64. The summed E-state index contributed by atoms with van der Waals surface area (Å²) >= 11 is 0. The lowest BCUT2D eigenvalue weighted by Crippen LogP contribution is -1.95. The number of aromatic nitrogens is 3. The summed E-state index contributed by atoms with van der Waals surface area (Å²) < 4.78 is 15.6. The van der Waals surface area contributed by atoms with Gasteiger partial charge in [-0.3, -0.25) is 0 Å². The molecule has 4 aromatic heterocycles. The van der Waals surface area contributed by atoms with E-state index in [0.717, 1.165) is 72.1 Å².